The number of carbonyl (C=O) groups excluding carboxylic acids is 1. The average molecular weight is 347 g/mol. The lowest BCUT2D eigenvalue weighted by Gasteiger charge is -2.60. The van der Waals surface area contributed by atoms with Crippen LogP contribution in [-0.2, 0) is 16.0 Å². The van der Waals surface area contributed by atoms with E-state index < -0.39 is 0 Å². The molecule has 0 radical (unpaired) electrons. The van der Waals surface area contributed by atoms with Crippen molar-refractivity contribution < 1.29 is 13.9 Å². The van der Waals surface area contributed by atoms with E-state index in [0.717, 1.165) is 12.3 Å². The zero-order valence-electron chi connectivity index (χ0n) is 16.3. The molecule has 0 aliphatic heterocycles. The summed E-state index contributed by atoms with van der Waals surface area (Å²) in [6, 6.07) is 2.10. The van der Waals surface area contributed by atoms with Gasteiger partial charge in [-0.1, -0.05) is 27.2 Å². The first-order valence-corrected chi connectivity index (χ1v) is 10.0. The summed E-state index contributed by atoms with van der Waals surface area (Å²) in [5, 5.41) is 0. The molecule has 2 aliphatic carbocycles. The lowest BCUT2D eigenvalue weighted by molar-refractivity contribution is -0.153. The zero-order valence-corrected chi connectivity index (χ0v) is 16.3. The molecule has 1 aromatic rings. The van der Waals surface area contributed by atoms with E-state index >= 15 is 0 Å². The zero-order chi connectivity index (χ0) is 18.1. The van der Waals surface area contributed by atoms with Gasteiger partial charge in [-0.15, -0.1) is 0 Å². The van der Waals surface area contributed by atoms with E-state index in [-0.39, 0.29) is 5.97 Å². The fraction of sp³-hybridized carbons (Fsp3) is 0.773. The van der Waals surface area contributed by atoms with Gasteiger partial charge in [-0.05, 0) is 78.7 Å². The van der Waals surface area contributed by atoms with E-state index in [9.17, 15) is 4.79 Å². The number of ether oxygens (including phenoxy) is 1. The number of carbonyl (C=O) groups is 1. The van der Waals surface area contributed by atoms with Gasteiger partial charge in [0.1, 0.15) is 0 Å². The smallest absolute Gasteiger partial charge is 0.302 e. The van der Waals surface area contributed by atoms with E-state index in [1.807, 2.05) is 6.26 Å². The molecule has 2 aliphatic rings. The molecule has 0 spiro atoms. The minimum absolute atomic E-state index is 0.141. The number of furan rings is 1. The van der Waals surface area contributed by atoms with Crippen molar-refractivity contribution in [2.75, 3.05) is 6.61 Å². The molecule has 3 rings (SSSR count). The minimum Gasteiger partial charge on any atom is -0.472 e. The Balaban J connectivity index is 1.79. The molecule has 0 saturated heterocycles. The molecule has 25 heavy (non-hydrogen) atoms. The summed E-state index contributed by atoms with van der Waals surface area (Å²) in [6.45, 7) is 9.58. The van der Waals surface area contributed by atoms with Crippen LogP contribution in [0.2, 0.25) is 0 Å². The van der Waals surface area contributed by atoms with Crippen molar-refractivity contribution in [3.05, 3.63) is 24.2 Å². The average Bonchev–Trinajstić information content (AvgIpc) is 3.09. The molecule has 2 saturated carbocycles. The SMILES string of the molecule is CC(=O)OC[C@H]1CCC[C@H]2[C@](C)(CCc3ccoc3)[C@@H](C)CC[C@]12C. The second-order valence-corrected chi connectivity index (χ2v) is 9.07. The molecule has 1 aromatic heterocycles. The highest BCUT2D eigenvalue weighted by Gasteiger charge is 2.55. The standard InChI is InChI=1S/C22H34O3/c1-16-8-11-22(4)19(15-25-17(2)23)6-5-7-20(22)21(16,3)12-9-18-10-13-24-14-18/h10,13-14,16,19-20H,5-9,11-12,15H2,1-4H3/t16-,19+,20-,21+,22+/m0/s1. The van der Waals surface area contributed by atoms with Crippen LogP contribution in [-0.4, -0.2) is 12.6 Å². The Kier molecular flexibility index (Phi) is 5.31. The highest BCUT2D eigenvalue weighted by Crippen LogP contribution is 2.63. The molecule has 0 N–H and O–H groups in total. The normalized spacial score (nSPS) is 38.2. The Morgan fingerprint density at radius 2 is 2.12 bits per heavy atom. The maximum absolute atomic E-state index is 11.3. The minimum atomic E-state index is -0.141. The Morgan fingerprint density at radius 3 is 2.80 bits per heavy atom. The van der Waals surface area contributed by atoms with Crippen molar-refractivity contribution in [3.8, 4) is 0 Å². The second-order valence-electron chi connectivity index (χ2n) is 9.07. The number of aryl methyl sites for hydroxylation is 1. The van der Waals surface area contributed by atoms with Gasteiger partial charge in [0, 0.05) is 6.92 Å². The molecule has 5 atom stereocenters. The van der Waals surface area contributed by atoms with Crippen molar-refractivity contribution in [1.82, 2.24) is 0 Å². The van der Waals surface area contributed by atoms with Crippen LogP contribution in [0.1, 0.15) is 71.8 Å². The molecule has 3 nitrogen and oxygen atoms in total. The molecule has 1 heterocycles. The first-order chi connectivity index (χ1) is 11.9. The van der Waals surface area contributed by atoms with Gasteiger partial charge < -0.3 is 9.15 Å². The molecular weight excluding hydrogens is 312 g/mol. The van der Waals surface area contributed by atoms with Crippen LogP contribution in [0, 0.1) is 28.6 Å². The predicted molar refractivity (Wildman–Crippen MR) is 99.1 cm³/mol. The summed E-state index contributed by atoms with van der Waals surface area (Å²) in [5.41, 5.74) is 1.96. The molecule has 140 valence electrons. The van der Waals surface area contributed by atoms with Crippen molar-refractivity contribution in [2.24, 2.45) is 28.6 Å². The van der Waals surface area contributed by atoms with Gasteiger partial charge in [-0.3, -0.25) is 4.79 Å². The number of esters is 1. The van der Waals surface area contributed by atoms with Crippen LogP contribution in [0.15, 0.2) is 23.0 Å². The van der Waals surface area contributed by atoms with Gasteiger partial charge in [0.25, 0.3) is 0 Å². The van der Waals surface area contributed by atoms with Gasteiger partial charge in [-0.25, -0.2) is 0 Å². The third-order valence-electron chi connectivity index (χ3n) is 7.83. The van der Waals surface area contributed by atoms with Crippen molar-refractivity contribution in [3.63, 3.8) is 0 Å². The predicted octanol–water partition coefficient (Wildman–Crippen LogP) is 5.63. The third kappa shape index (κ3) is 3.52. The Hall–Kier alpha value is -1.25. The highest BCUT2D eigenvalue weighted by atomic mass is 16.5. The summed E-state index contributed by atoms with van der Waals surface area (Å²) >= 11 is 0. The molecule has 2 fully saturated rings. The van der Waals surface area contributed by atoms with Crippen LogP contribution < -0.4 is 0 Å². The molecular formula is C22H34O3. The lowest BCUT2D eigenvalue weighted by Crippen LogP contribution is -2.54. The van der Waals surface area contributed by atoms with Gasteiger partial charge in [0.15, 0.2) is 0 Å². The van der Waals surface area contributed by atoms with Gasteiger partial charge in [0.05, 0.1) is 19.1 Å². The summed E-state index contributed by atoms with van der Waals surface area (Å²) < 4.78 is 10.7. The van der Waals surface area contributed by atoms with Crippen molar-refractivity contribution in [1.29, 1.82) is 0 Å². The van der Waals surface area contributed by atoms with Crippen molar-refractivity contribution >= 4 is 5.97 Å². The van der Waals surface area contributed by atoms with E-state index in [1.165, 1.54) is 51.0 Å². The quantitative estimate of drug-likeness (QED) is 0.648. The van der Waals surface area contributed by atoms with E-state index in [1.54, 1.807) is 6.26 Å². The molecule has 0 amide bonds. The first kappa shape index (κ1) is 18.5. The maximum atomic E-state index is 11.3. The van der Waals surface area contributed by atoms with Gasteiger partial charge in [-0.2, -0.15) is 0 Å². The Bertz CT molecular complexity index is 578. The second kappa shape index (κ2) is 7.17. The topological polar surface area (TPSA) is 39.4 Å². The lowest BCUT2D eigenvalue weighted by atomic mass is 9.44. The maximum Gasteiger partial charge on any atom is 0.302 e. The molecule has 0 aromatic carbocycles. The largest absolute Gasteiger partial charge is 0.472 e. The third-order valence-corrected chi connectivity index (χ3v) is 7.83. The number of rotatable bonds is 5. The fourth-order valence-corrected chi connectivity index (χ4v) is 5.94. The van der Waals surface area contributed by atoms with E-state index in [2.05, 4.69) is 26.8 Å². The summed E-state index contributed by atoms with van der Waals surface area (Å²) in [5.74, 6) is 1.82. The van der Waals surface area contributed by atoms with Gasteiger partial charge >= 0.3 is 5.97 Å². The van der Waals surface area contributed by atoms with E-state index in [4.69, 9.17) is 9.15 Å². The van der Waals surface area contributed by atoms with Crippen molar-refractivity contribution in [2.45, 2.75) is 72.6 Å². The first-order valence-electron chi connectivity index (χ1n) is 10.0. The van der Waals surface area contributed by atoms with Gasteiger partial charge in [0.2, 0.25) is 0 Å². The number of fused-ring (bicyclic) bond motifs is 1. The number of hydrogen-bond donors (Lipinski definition) is 0. The molecule has 0 unspecified atom stereocenters. The summed E-state index contributed by atoms with van der Waals surface area (Å²) in [7, 11) is 0. The van der Waals surface area contributed by atoms with Crippen LogP contribution in [0.4, 0.5) is 0 Å². The van der Waals surface area contributed by atoms with Crippen LogP contribution in [0.5, 0.6) is 0 Å². The fourth-order valence-electron chi connectivity index (χ4n) is 5.94. The molecule has 3 heteroatoms. The Labute approximate surface area is 152 Å². The van der Waals surface area contributed by atoms with Crippen LogP contribution >= 0.6 is 0 Å². The monoisotopic (exact) mass is 346 g/mol. The highest BCUT2D eigenvalue weighted by molar-refractivity contribution is 5.65. The van der Waals surface area contributed by atoms with Crippen LogP contribution in [0.3, 0.4) is 0 Å². The molecule has 0 bridgehead atoms. The number of hydrogen-bond acceptors (Lipinski definition) is 3. The van der Waals surface area contributed by atoms with E-state index in [0.29, 0.717) is 29.3 Å². The Morgan fingerprint density at radius 1 is 1.32 bits per heavy atom. The summed E-state index contributed by atoms with van der Waals surface area (Å²) in [4.78, 5) is 11.3. The van der Waals surface area contributed by atoms with Crippen LogP contribution in [0.25, 0.3) is 0 Å². The summed E-state index contributed by atoms with van der Waals surface area (Å²) in [6.07, 6.45) is 12.3.